The van der Waals surface area contributed by atoms with Gasteiger partial charge in [0.1, 0.15) is 5.82 Å². The number of hydrogen-bond donors (Lipinski definition) is 1. The minimum atomic E-state index is -0.946. The number of pyridine rings is 2. The molecule has 0 amide bonds. The summed E-state index contributed by atoms with van der Waals surface area (Å²) in [6.07, 6.45) is 4.22. The van der Waals surface area contributed by atoms with Gasteiger partial charge in [0, 0.05) is 50.0 Å². The minimum Gasteiger partial charge on any atom is -0.478 e. The Balaban J connectivity index is 1.64. The maximum absolute atomic E-state index is 10.9. The molecule has 1 aliphatic heterocycles. The third-order valence-corrected chi connectivity index (χ3v) is 4.13. The number of aromatic nitrogens is 2. The number of nitrogens with zero attached hydrogens (tertiary/aromatic N) is 4. The first-order chi connectivity index (χ1) is 11.2. The van der Waals surface area contributed by atoms with Gasteiger partial charge in [-0.05, 0) is 30.7 Å². The molecule has 120 valence electrons. The first-order valence-electron chi connectivity index (χ1n) is 7.81. The van der Waals surface area contributed by atoms with Crippen molar-refractivity contribution in [1.82, 2.24) is 9.97 Å². The van der Waals surface area contributed by atoms with Crippen molar-refractivity contribution in [2.24, 2.45) is 0 Å². The Labute approximate surface area is 135 Å². The van der Waals surface area contributed by atoms with Gasteiger partial charge in [-0.1, -0.05) is 6.92 Å². The average Bonchev–Trinajstić information content (AvgIpc) is 2.62. The molecule has 1 saturated heterocycles. The molecule has 2 aromatic heterocycles. The van der Waals surface area contributed by atoms with Crippen LogP contribution in [0.1, 0.15) is 23.0 Å². The molecule has 0 saturated carbocycles. The van der Waals surface area contributed by atoms with Gasteiger partial charge >= 0.3 is 5.97 Å². The Bertz CT molecular complexity index is 679. The second kappa shape index (κ2) is 6.64. The molecule has 6 heteroatoms. The van der Waals surface area contributed by atoms with Crippen LogP contribution < -0.4 is 9.80 Å². The maximum atomic E-state index is 10.9. The normalized spacial score (nSPS) is 14.8. The lowest BCUT2D eigenvalue weighted by Gasteiger charge is -2.36. The van der Waals surface area contributed by atoms with Crippen LogP contribution >= 0.6 is 0 Å². The predicted molar refractivity (Wildman–Crippen MR) is 89.2 cm³/mol. The largest absolute Gasteiger partial charge is 0.478 e. The van der Waals surface area contributed by atoms with Crippen LogP contribution in [0.15, 0.2) is 36.7 Å². The second-order valence-electron chi connectivity index (χ2n) is 5.54. The number of anilines is 2. The van der Waals surface area contributed by atoms with E-state index in [1.807, 2.05) is 6.20 Å². The van der Waals surface area contributed by atoms with E-state index in [4.69, 9.17) is 5.11 Å². The summed E-state index contributed by atoms with van der Waals surface area (Å²) < 4.78 is 0. The number of aromatic carboxylic acids is 1. The van der Waals surface area contributed by atoms with E-state index in [9.17, 15) is 4.79 Å². The van der Waals surface area contributed by atoms with Gasteiger partial charge in [0.2, 0.25) is 0 Å². The molecule has 1 aliphatic rings. The van der Waals surface area contributed by atoms with E-state index in [0.717, 1.165) is 44.1 Å². The number of piperazine rings is 1. The molecule has 0 radical (unpaired) electrons. The van der Waals surface area contributed by atoms with Gasteiger partial charge in [-0.3, -0.25) is 4.98 Å². The molecule has 6 nitrogen and oxygen atoms in total. The molecular formula is C17H20N4O2. The molecule has 1 fully saturated rings. The third kappa shape index (κ3) is 3.41. The molecule has 1 N–H and O–H groups in total. The SMILES string of the molecule is CCc1cc(N2CCN(c3ccc(C(=O)O)cn3)CC2)ccn1. The van der Waals surface area contributed by atoms with Crippen LogP contribution in [0.3, 0.4) is 0 Å². The van der Waals surface area contributed by atoms with Crippen LogP contribution in [0.2, 0.25) is 0 Å². The van der Waals surface area contributed by atoms with Crippen molar-refractivity contribution in [2.75, 3.05) is 36.0 Å². The van der Waals surface area contributed by atoms with Crippen LogP contribution in [0.25, 0.3) is 0 Å². The van der Waals surface area contributed by atoms with Crippen molar-refractivity contribution in [2.45, 2.75) is 13.3 Å². The molecule has 0 spiro atoms. The fraction of sp³-hybridized carbons (Fsp3) is 0.353. The van der Waals surface area contributed by atoms with E-state index >= 15 is 0 Å². The molecule has 0 aromatic carbocycles. The Kier molecular flexibility index (Phi) is 4.41. The average molecular weight is 312 g/mol. The minimum absolute atomic E-state index is 0.219. The Morgan fingerprint density at radius 2 is 1.87 bits per heavy atom. The number of hydrogen-bond acceptors (Lipinski definition) is 5. The highest BCUT2D eigenvalue weighted by atomic mass is 16.4. The zero-order chi connectivity index (χ0) is 16.2. The molecule has 0 aliphatic carbocycles. The topological polar surface area (TPSA) is 69.6 Å². The highest BCUT2D eigenvalue weighted by Crippen LogP contribution is 2.20. The van der Waals surface area contributed by atoms with Crippen LogP contribution in [-0.2, 0) is 6.42 Å². The molecule has 3 rings (SSSR count). The Hall–Kier alpha value is -2.63. The number of carboxylic acids is 1. The van der Waals surface area contributed by atoms with E-state index in [-0.39, 0.29) is 5.56 Å². The summed E-state index contributed by atoms with van der Waals surface area (Å²) in [6.45, 7) is 5.66. The first kappa shape index (κ1) is 15.3. The van der Waals surface area contributed by atoms with Gasteiger partial charge in [0.25, 0.3) is 0 Å². The summed E-state index contributed by atoms with van der Waals surface area (Å²) in [6, 6.07) is 7.58. The van der Waals surface area contributed by atoms with Gasteiger partial charge in [-0.2, -0.15) is 0 Å². The highest BCUT2D eigenvalue weighted by Gasteiger charge is 2.19. The van der Waals surface area contributed by atoms with E-state index < -0.39 is 5.97 Å². The fourth-order valence-corrected chi connectivity index (χ4v) is 2.75. The molecule has 23 heavy (non-hydrogen) atoms. The zero-order valence-corrected chi connectivity index (χ0v) is 13.1. The van der Waals surface area contributed by atoms with Crippen LogP contribution in [0.5, 0.6) is 0 Å². The maximum Gasteiger partial charge on any atom is 0.337 e. The lowest BCUT2D eigenvalue weighted by molar-refractivity contribution is 0.0696. The van der Waals surface area contributed by atoms with E-state index in [1.54, 1.807) is 12.1 Å². The van der Waals surface area contributed by atoms with Crippen LogP contribution in [-0.4, -0.2) is 47.2 Å². The molecule has 3 heterocycles. The van der Waals surface area contributed by atoms with Crippen molar-refractivity contribution < 1.29 is 9.90 Å². The molecule has 0 bridgehead atoms. The van der Waals surface area contributed by atoms with Crippen molar-refractivity contribution in [1.29, 1.82) is 0 Å². The van der Waals surface area contributed by atoms with Gasteiger partial charge in [-0.25, -0.2) is 9.78 Å². The van der Waals surface area contributed by atoms with Gasteiger partial charge in [0.15, 0.2) is 0 Å². The standard InChI is InChI=1S/C17H20N4O2/c1-2-14-11-15(5-6-18-14)20-7-9-21(10-8-20)16-4-3-13(12-19-16)17(22)23/h3-6,11-12H,2,7-10H2,1H3,(H,22,23). The van der Waals surface area contributed by atoms with Crippen molar-refractivity contribution in [3.8, 4) is 0 Å². The summed E-state index contributed by atoms with van der Waals surface area (Å²) in [7, 11) is 0. The van der Waals surface area contributed by atoms with Crippen LogP contribution in [0.4, 0.5) is 11.5 Å². The number of carboxylic acid groups (broad SMARTS) is 1. The first-order valence-corrected chi connectivity index (χ1v) is 7.81. The Morgan fingerprint density at radius 1 is 1.13 bits per heavy atom. The number of aryl methyl sites for hydroxylation is 1. The quantitative estimate of drug-likeness (QED) is 0.932. The lowest BCUT2D eigenvalue weighted by atomic mass is 10.2. The highest BCUT2D eigenvalue weighted by molar-refractivity contribution is 5.87. The number of carbonyl (C=O) groups is 1. The van der Waals surface area contributed by atoms with Gasteiger partial charge in [-0.15, -0.1) is 0 Å². The predicted octanol–water partition coefficient (Wildman–Crippen LogP) is 2.06. The van der Waals surface area contributed by atoms with Gasteiger partial charge < -0.3 is 14.9 Å². The van der Waals surface area contributed by atoms with Crippen molar-refractivity contribution in [3.05, 3.63) is 47.9 Å². The van der Waals surface area contributed by atoms with Gasteiger partial charge in [0.05, 0.1) is 5.56 Å². The molecule has 0 unspecified atom stereocenters. The van der Waals surface area contributed by atoms with E-state index in [1.165, 1.54) is 11.9 Å². The van der Waals surface area contributed by atoms with Crippen molar-refractivity contribution in [3.63, 3.8) is 0 Å². The van der Waals surface area contributed by atoms with Crippen LogP contribution in [0, 0.1) is 0 Å². The second-order valence-corrected chi connectivity index (χ2v) is 5.54. The molecule has 2 aromatic rings. The summed E-state index contributed by atoms with van der Waals surface area (Å²) in [4.78, 5) is 24.0. The summed E-state index contributed by atoms with van der Waals surface area (Å²) in [5.74, 6) is -0.114. The number of rotatable bonds is 4. The monoisotopic (exact) mass is 312 g/mol. The Morgan fingerprint density at radius 3 is 2.48 bits per heavy atom. The summed E-state index contributed by atoms with van der Waals surface area (Å²) in [5, 5.41) is 8.92. The third-order valence-electron chi connectivity index (χ3n) is 4.13. The fourth-order valence-electron chi connectivity index (χ4n) is 2.75. The van der Waals surface area contributed by atoms with Crippen molar-refractivity contribution >= 4 is 17.5 Å². The summed E-state index contributed by atoms with van der Waals surface area (Å²) in [5.41, 5.74) is 2.54. The summed E-state index contributed by atoms with van der Waals surface area (Å²) >= 11 is 0. The lowest BCUT2D eigenvalue weighted by Crippen LogP contribution is -2.46. The zero-order valence-electron chi connectivity index (χ0n) is 13.1. The smallest absolute Gasteiger partial charge is 0.337 e. The van der Waals surface area contributed by atoms with E-state index in [0.29, 0.717) is 0 Å². The molecule has 0 atom stereocenters. The molecular weight excluding hydrogens is 292 g/mol. The van der Waals surface area contributed by atoms with E-state index in [2.05, 4.69) is 38.8 Å².